The number of aryl methyl sites for hydroxylation is 1. The second-order valence-corrected chi connectivity index (χ2v) is 7.61. The van der Waals surface area contributed by atoms with Gasteiger partial charge in [-0.2, -0.15) is 0 Å². The van der Waals surface area contributed by atoms with Crippen LogP contribution in [0.15, 0.2) is 18.2 Å². The van der Waals surface area contributed by atoms with Crippen molar-refractivity contribution in [3.8, 4) is 5.75 Å². The van der Waals surface area contributed by atoms with Crippen molar-refractivity contribution in [1.29, 1.82) is 0 Å². The topological polar surface area (TPSA) is 55.6 Å². The maximum absolute atomic E-state index is 13.3. The number of rotatable bonds is 4. The van der Waals surface area contributed by atoms with Crippen molar-refractivity contribution in [2.45, 2.75) is 44.9 Å². The summed E-state index contributed by atoms with van der Waals surface area (Å²) in [6.45, 7) is 6.47. The van der Waals surface area contributed by atoms with Gasteiger partial charge in [0.05, 0.1) is 12.5 Å². The average molecular weight is 353 g/mol. The summed E-state index contributed by atoms with van der Waals surface area (Å²) in [6.07, 6.45) is 3.99. The van der Waals surface area contributed by atoms with Crippen LogP contribution < -0.4 is 10.5 Å². The number of benzene rings is 1. The number of amides is 1. The van der Waals surface area contributed by atoms with Crippen LogP contribution in [-0.2, 0) is 10.2 Å². The minimum atomic E-state index is -0.346. The number of carbonyl (C=O) groups excluding carboxylic acids is 1. The highest BCUT2D eigenvalue weighted by molar-refractivity contribution is 5.89. The molecular formula is C19H29ClN2O2. The Bertz CT molecular complexity index is 615. The Hall–Kier alpha value is -1.26. The third-order valence-electron chi connectivity index (χ3n) is 5.92. The lowest BCUT2D eigenvalue weighted by Crippen LogP contribution is -2.51. The van der Waals surface area contributed by atoms with E-state index in [1.54, 1.807) is 7.11 Å². The molecule has 1 aromatic carbocycles. The number of nitrogens with zero attached hydrogens (tertiary/aromatic N) is 1. The first-order valence-corrected chi connectivity index (χ1v) is 8.59. The normalized spacial score (nSPS) is 24.9. The number of ether oxygens (including phenoxy) is 1. The molecule has 2 N–H and O–H groups in total. The van der Waals surface area contributed by atoms with E-state index in [0.29, 0.717) is 6.54 Å². The second kappa shape index (κ2) is 6.93. The van der Waals surface area contributed by atoms with Gasteiger partial charge in [-0.1, -0.05) is 25.5 Å². The van der Waals surface area contributed by atoms with E-state index in [2.05, 4.69) is 25.1 Å². The lowest BCUT2D eigenvalue weighted by molar-refractivity contribution is -0.140. The van der Waals surface area contributed by atoms with E-state index < -0.39 is 0 Å². The molecule has 24 heavy (non-hydrogen) atoms. The van der Waals surface area contributed by atoms with E-state index in [-0.39, 0.29) is 29.1 Å². The van der Waals surface area contributed by atoms with Gasteiger partial charge in [-0.3, -0.25) is 4.79 Å². The summed E-state index contributed by atoms with van der Waals surface area (Å²) in [5.41, 5.74) is 7.84. The van der Waals surface area contributed by atoms with Gasteiger partial charge >= 0.3 is 0 Å². The fourth-order valence-corrected chi connectivity index (χ4v) is 3.94. The van der Waals surface area contributed by atoms with Gasteiger partial charge in [0, 0.05) is 13.1 Å². The van der Waals surface area contributed by atoms with E-state index in [1.165, 1.54) is 0 Å². The van der Waals surface area contributed by atoms with Gasteiger partial charge < -0.3 is 15.4 Å². The highest BCUT2D eigenvalue weighted by Crippen LogP contribution is 2.47. The molecule has 1 atom stereocenters. The molecule has 1 aromatic rings. The Balaban J connectivity index is 0.00000208. The molecule has 2 aliphatic rings. The smallest absolute Gasteiger partial charge is 0.233 e. The predicted octanol–water partition coefficient (Wildman–Crippen LogP) is 3.04. The zero-order chi connectivity index (χ0) is 16.7. The van der Waals surface area contributed by atoms with Crippen LogP contribution in [0.2, 0.25) is 0 Å². The van der Waals surface area contributed by atoms with E-state index in [1.807, 2.05) is 11.8 Å². The van der Waals surface area contributed by atoms with Crippen LogP contribution in [0, 0.1) is 12.3 Å². The first-order chi connectivity index (χ1) is 10.9. The highest BCUT2D eigenvalue weighted by Gasteiger charge is 2.50. The van der Waals surface area contributed by atoms with Gasteiger partial charge in [0.2, 0.25) is 5.91 Å². The third-order valence-corrected chi connectivity index (χ3v) is 5.92. The summed E-state index contributed by atoms with van der Waals surface area (Å²) in [6, 6.07) is 6.23. The van der Waals surface area contributed by atoms with Crippen molar-refractivity contribution < 1.29 is 9.53 Å². The minimum absolute atomic E-state index is 0. The molecule has 0 aromatic heterocycles. The molecule has 1 saturated carbocycles. The SMILES string of the molecule is COc1cc(C2(C(=O)N3CCC(C)(CN)C3)CCC2)ccc1C.Cl. The molecule has 1 aliphatic heterocycles. The predicted molar refractivity (Wildman–Crippen MR) is 98.9 cm³/mol. The molecule has 0 bridgehead atoms. The molecule has 1 saturated heterocycles. The van der Waals surface area contributed by atoms with Crippen molar-refractivity contribution in [2.75, 3.05) is 26.7 Å². The van der Waals surface area contributed by atoms with E-state index in [4.69, 9.17) is 10.5 Å². The molecule has 0 spiro atoms. The number of hydrogen-bond donors (Lipinski definition) is 1. The summed E-state index contributed by atoms with van der Waals surface area (Å²) in [5.74, 6) is 1.15. The maximum Gasteiger partial charge on any atom is 0.233 e. The third kappa shape index (κ3) is 3.02. The van der Waals surface area contributed by atoms with Gasteiger partial charge in [-0.25, -0.2) is 0 Å². The Morgan fingerprint density at radius 3 is 2.54 bits per heavy atom. The van der Waals surface area contributed by atoms with E-state index >= 15 is 0 Å². The Labute approximate surface area is 151 Å². The van der Waals surface area contributed by atoms with Gasteiger partial charge in [-0.15, -0.1) is 12.4 Å². The Kier molecular flexibility index (Phi) is 5.50. The standard InChI is InChI=1S/C19H28N2O2.ClH/c1-14-5-6-15(11-16(14)23-3)19(7-4-8-19)17(22)21-10-9-18(2,12-20)13-21;/h5-6,11H,4,7-10,12-13,20H2,1-3H3;1H. The molecule has 5 heteroatoms. The second-order valence-electron chi connectivity index (χ2n) is 7.61. The van der Waals surface area contributed by atoms with Gasteiger partial charge in [-0.05, 0) is 55.3 Å². The largest absolute Gasteiger partial charge is 0.496 e. The number of nitrogens with two attached hydrogens (primary N) is 1. The van der Waals surface area contributed by atoms with E-state index in [9.17, 15) is 4.79 Å². The van der Waals surface area contributed by atoms with Crippen LogP contribution in [0.1, 0.15) is 43.7 Å². The first-order valence-electron chi connectivity index (χ1n) is 8.59. The maximum atomic E-state index is 13.3. The average Bonchev–Trinajstić information content (AvgIpc) is 2.91. The number of methoxy groups -OCH3 is 1. The molecule has 4 nitrogen and oxygen atoms in total. The summed E-state index contributed by atoms with van der Waals surface area (Å²) in [4.78, 5) is 15.3. The van der Waals surface area contributed by atoms with Crippen molar-refractivity contribution in [3.63, 3.8) is 0 Å². The van der Waals surface area contributed by atoms with Crippen LogP contribution in [-0.4, -0.2) is 37.6 Å². The van der Waals surface area contributed by atoms with Crippen LogP contribution in [0.4, 0.5) is 0 Å². The monoisotopic (exact) mass is 352 g/mol. The molecule has 0 radical (unpaired) electrons. The summed E-state index contributed by atoms with van der Waals surface area (Å²) in [7, 11) is 1.69. The molecule has 1 heterocycles. The molecule has 1 unspecified atom stereocenters. The molecule has 1 aliphatic carbocycles. The quantitative estimate of drug-likeness (QED) is 0.906. The number of halogens is 1. The van der Waals surface area contributed by atoms with Crippen LogP contribution in [0.5, 0.6) is 5.75 Å². The number of carbonyl (C=O) groups is 1. The Morgan fingerprint density at radius 2 is 2.04 bits per heavy atom. The summed E-state index contributed by atoms with van der Waals surface area (Å²) in [5, 5.41) is 0. The van der Waals surface area contributed by atoms with Crippen LogP contribution in [0.25, 0.3) is 0 Å². The zero-order valence-corrected chi connectivity index (χ0v) is 15.7. The van der Waals surface area contributed by atoms with Gasteiger partial charge in [0.25, 0.3) is 0 Å². The molecular weight excluding hydrogens is 324 g/mol. The van der Waals surface area contributed by atoms with Crippen LogP contribution >= 0.6 is 12.4 Å². The molecule has 1 amide bonds. The molecule has 3 rings (SSSR count). The van der Waals surface area contributed by atoms with Gasteiger partial charge in [0.1, 0.15) is 5.75 Å². The fraction of sp³-hybridized carbons (Fsp3) is 0.632. The van der Waals surface area contributed by atoms with Gasteiger partial charge in [0.15, 0.2) is 0 Å². The van der Waals surface area contributed by atoms with Crippen LogP contribution in [0.3, 0.4) is 0 Å². The molecule has 2 fully saturated rings. The fourth-order valence-electron chi connectivity index (χ4n) is 3.94. The lowest BCUT2D eigenvalue weighted by Gasteiger charge is -2.43. The first kappa shape index (κ1) is 19.1. The van der Waals surface area contributed by atoms with E-state index in [0.717, 1.165) is 55.6 Å². The summed E-state index contributed by atoms with van der Waals surface area (Å²) >= 11 is 0. The zero-order valence-electron chi connectivity index (χ0n) is 14.9. The van der Waals surface area contributed by atoms with Crippen molar-refractivity contribution in [3.05, 3.63) is 29.3 Å². The van der Waals surface area contributed by atoms with Crippen molar-refractivity contribution in [2.24, 2.45) is 11.1 Å². The Morgan fingerprint density at radius 1 is 1.33 bits per heavy atom. The number of hydrogen-bond acceptors (Lipinski definition) is 3. The minimum Gasteiger partial charge on any atom is -0.496 e. The van der Waals surface area contributed by atoms with Crippen molar-refractivity contribution in [1.82, 2.24) is 4.90 Å². The summed E-state index contributed by atoms with van der Waals surface area (Å²) < 4.78 is 5.46. The molecule has 134 valence electrons. The lowest BCUT2D eigenvalue weighted by atomic mass is 9.63. The van der Waals surface area contributed by atoms with Crippen molar-refractivity contribution >= 4 is 18.3 Å². The number of likely N-dealkylation sites (tertiary alicyclic amines) is 1. The highest BCUT2D eigenvalue weighted by atomic mass is 35.5.